The molecule has 3 aliphatic rings. The standard InChI is InChI=1S/C31H43N7O2/c1-31(2,3)40-30(39)37-13-11-36(12-14-37)19-22-6-9-26-27(17-22)34-28(18-33-26)25-20-38(35-29(25)23-7-8-23)24-15-21(16-24)5-4-10-32/h6,9,17-18,20-21,23-24H,4-5,7-8,10-16,19,32H2,1-3H3. The minimum atomic E-state index is -0.470. The van der Waals surface area contributed by atoms with E-state index in [-0.39, 0.29) is 6.09 Å². The van der Waals surface area contributed by atoms with Crippen LogP contribution in [0.5, 0.6) is 0 Å². The first kappa shape index (κ1) is 27.1. The smallest absolute Gasteiger partial charge is 0.410 e. The summed E-state index contributed by atoms with van der Waals surface area (Å²) in [5, 5.41) is 5.08. The molecule has 6 rings (SSSR count). The van der Waals surface area contributed by atoms with Crippen LogP contribution >= 0.6 is 0 Å². The Kier molecular flexibility index (Phi) is 7.52. The van der Waals surface area contributed by atoms with Crippen LogP contribution in [0.15, 0.2) is 30.6 Å². The third kappa shape index (κ3) is 6.15. The first-order valence-electron chi connectivity index (χ1n) is 15.0. The van der Waals surface area contributed by atoms with E-state index in [1.807, 2.05) is 27.0 Å². The van der Waals surface area contributed by atoms with Gasteiger partial charge in [0.15, 0.2) is 0 Å². The highest BCUT2D eigenvalue weighted by molar-refractivity contribution is 5.78. The molecule has 3 aromatic rings. The molecule has 40 heavy (non-hydrogen) atoms. The molecule has 2 aliphatic carbocycles. The van der Waals surface area contributed by atoms with Crippen molar-refractivity contribution in [3.8, 4) is 11.3 Å². The third-order valence-corrected chi connectivity index (χ3v) is 8.44. The Labute approximate surface area is 237 Å². The van der Waals surface area contributed by atoms with E-state index >= 15 is 0 Å². The van der Waals surface area contributed by atoms with E-state index in [2.05, 4.69) is 34.0 Å². The lowest BCUT2D eigenvalue weighted by Crippen LogP contribution is -2.49. The minimum Gasteiger partial charge on any atom is -0.444 e. The lowest BCUT2D eigenvalue weighted by Gasteiger charge is -2.35. The number of nitrogens with zero attached hydrogens (tertiary/aromatic N) is 6. The summed E-state index contributed by atoms with van der Waals surface area (Å²) >= 11 is 0. The molecule has 1 aromatic carbocycles. The highest BCUT2D eigenvalue weighted by atomic mass is 16.6. The van der Waals surface area contributed by atoms with E-state index < -0.39 is 5.60 Å². The number of aromatic nitrogens is 4. The Balaban J connectivity index is 1.14. The van der Waals surface area contributed by atoms with Crippen molar-refractivity contribution in [2.45, 2.75) is 83.4 Å². The van der Waals surface area contributed by atoms with Gasteiger partial charge in [0, 0.05) is 50.4 Å². The quantitative estimate of drug-likeness (QED) is 0.419. The van der Waals surface area contributed by atoms with E-state index in [0.29, 0.717) is 25.0 Å². The molecule has 2 aromatic heterocycles. The Morgan fingerprint density at radius 3 is 2.58 bits per heavy atom. The van der Waals surface area contributed by atoms with Gasteiger partial charge in [0.05, 0.1) is 34.7 Å². The Hall–Kier alpha value is -3.04. The normalized spacial score (nSPS) is 21.9. The van der Waals surface area contributed by atoms with Crippen molar-refractivity contribution < 1.29 is 9.53 Å². The summed E-state index contributed by atoms with van der Waals surface area (Å²) in [6.45, 7) is 10.3. The molecule has 3 fully saturated rings. The average Bonchev–Trinajstić information content (AvgIpc) is 3.65. The fraction of sp³-hybridized carbons (Fsp3) is 0.613. The van der Waals surface area contributed by atoms with E-state index in [1.54, 1.807) is 4.90 Å². The summed E-state index contributed by atoms with van der Waals surface area (Å²) < 4.78 is 7.75. The molecule has 2 saturated carbocycles. The van der Waals surface area contributed by atoms with Crippen LogP contribution in [-0.2, 0) is 11.3 Å². The maximum atomic E-state index is 12.4. The van der Waals surface area contributed by atoms with Crippen LogP contribution in [0.25, 0.3) is 22.3 Å². The molecule has 0 unspecified atom stereocenters. The van der Waals surface area contributed by atoms with Gasteiger partial charge in [-0.3, -0.25) is 14.6 Å². The van der Waals surface area contributed by atoms with Crippen molar-refractivity contribution in [2.24, 2.45) is 11.7 Å². The predicted octanol–water partition coefficient (Wildman–Crippen LogP) is 5.11. The number of carbonyl (C=O) groups excluding carboxylic acids is 1. The van der Waals surface area contributed by atoms with Crippen LogP contribution < -0.4 is 5.73 Å². The maximum absolute atomic E-state index is 12.4. The van der Waals surface area contributed by atoms with Gasteiger partial charge in [-0.05, 0) is 89.5 Å². The number of rotatable bonds is 8. The summed E-state index contributed by atoms with van der Waals surface area (Å²) in [4.78, 5) is 26.5. The molecule has 1 aliphatic heterocycles. The van der Waals surface area contributed by atoms with Crippen LogP contribution in [0.2, 0.25) is 0 Å². The number of piperazine rings is 1. The molecule has 1 saturated heterocycles. The fourth-order valence-electron chi connectivity index (χ4n) is 5.97. The van der Waals surface area contributed by atoms with Crippen LogP contribution in [0.1, 0.15) is 82.5 Å². The van der Waals surface area contributed by atoms with Gasteiger partial charge in [-0.15, -0.1) is 0 Å². The van der Waals surface area contributed by atoms with E-state index in [9.17, 15) is 4.79 Å². The molecular weight excluding hydrogens is 502 g/mol. The van der Waals surface area contributed by atoms with Gasteiger partial charge >= 0.3 is 6.09 Å². The van der Waals surface area contributed by atoms with Gasteiger partial charge in [0.25, 0.3) is 0 Å². The number of fused-ring (bicyclic) bond motifs is 1. The number of hydrogen-bond acceptors (Lipinski definition) is 7. The van der Waals surface area contributed by atoms with Gasteiger partial charge in [-0.25, -0.2) is 9.78 Å². The highest BCUT2D eigenvalue weighted by Crippen LogP contribution is 2.46. The van der Waals surface area contributed by atoms with Crippen LogP contribution in [0.3, 0.4) is 0 Å². The molecule has 0 radical (unpaired) electrons. The molecule has 9 heteroatoms. The Morgan fingerprint density at radius 2 is 1.88 bits per heavy atom. The van der Waals surface area contributed by atoms with Crippen LogP contribution in [-0.4, -0.2) is 74.0 Å². The van der Waals surface area contributed by atoms with Crippen molar-refractivity contribution in [3.05, 3.63) is 41.9 Å². The molecule has 2 N–H and O–H groups in total. The van der Waals surface area contributed by atoms with Crippen molar-refractivity contribution in [3.63, 3.8) is 0 Å². The molecule has 9 nitrogen and oxygen atoms in total. The second-order valence-electron chi connectivity index (χ2n) is 12.9. The molecule has 1 amide bonds. The highest BCUT2D eigenvalue weighted by Gasteiger charge is 2.35. The topological polar surface area (TPSA) is 102 Å². The molecule has 0 bridgehead atoms. The third-order valence-electron chi connectivity index (χ3n) is 8.44. The largest absolute Gasteiger partial charge is 0.444 e. The molecule has 214 valence electrons. The second kappa shape index (κ2) is 11.1. The summed E-state index contributed by atoms with van der Waals surface area (Å²) in [5.41, 5.74) is 11.5. The van der Waals surface area contributed by atoms with Gasteiger partial charge in [0.1, 0.15) is 5.60 Å². The van der Waals surface area contributed by atoms with E-state index in [0.717, 1.165) is 60.8 Å². The first-order chi connectivity index (χ1) is 19.3. The van der Waals surface area contributed by atoms with Crippen molar-refractivity contribution in [2.75, 3.05) is 32.7 Å². The maximum Gasteiger partial charge on any atom is 0.410 e. The molecule has 3 heterocycles. The van der Waals surface area contributed by atoms with E-state index in [4.69, 9.17) is 25.5 Å². The van der Waals surface area contributed by atoms with Crippen LogP contribution in [0.4, 0.5) is 4.79 Å². The minimum absolute atomic E-state index is 0.224. The van der Waals surface area contributed by atoms with Gasteiger partial charge in [0.2, 0.25) is 0 Å². The zero-order valence-electron chi connectivity index (χ0n) is 24.2. The predicted molar refractivity (Wildman–Crippen MR) is 156 cm³/mol. The summed E-state index contributed by atoms with van der Waals surface area (Å²) in [6.07, 6.45) is 11.1. The SMILES string of the molecule is CC(C)(C)OC(=O)N1CCN(Cc2ccc3ncc(-c4cn(C5CC(CCCN)C5)nc4C4CC4)nc3c2)CC1. The van der Waals surface area contributed by atoms with Gasteiger partial charge < -0.3 is 15.4 Å². The Morgan fingerprint density at radius 1 is 1.10 bits per heavy atom. The fourth-order valence-corrected chi connectivity index (χ4v) is 5.97. The molecule has 0 atom stereocenters. The number of hydrogen-bond donors (Lipinski definition) is 1. The van der Waals surface area contributed by atoms with Gasteiger partial charge in [-0.1, -0.05) is 6.07 Å². The monoisotopic (exact) mass is 545 g/mol. The first-order valence-corrected chi connectivity index (χ1v) is 15.0. The number of carbonyl (C=O) groups is 1. The molecule has 0 spiro atoms. The van der Waals surface area contributed by atoms with Crippen molar-refractivity contribution >= 4 is 17.1 Å². The zero-order valence-corrected chi connectivity index (χ0v) is 24.2. The van der Waals surface area contributed by atoms with E-state index in [1.165, 1.54) is 43.4 Å². The van der Waals surface area contributed by atoms with Crippen molar-refractivity contribution in [1.29, 1.82) is 0 Å². The Bertz CT molecular complexity index is 1350. The van der Waals surface area contributed by atoms with Crippen molar-refractivity contribution in [1.82, 2.24) is 29.5 Å². The zero-order chi connectivity index (χ0) is 27.9. The second-order valence-corrected chi connectivity index (χ2v) is 12.9. The summed E-state index contributed by atoms with van der Waals surface area (Å²) in [5.74, 6) is 1.33. The lowest BCUT2D eigenvalue weighted by atomic mass is 9.77. The van der Waals surface area contributed by atoms with Gasteiger partial charge in [-0.2, -0.15) is 5.10 Å². The number of ether oxygens (including phenoxy) is 1. The number of benzene rings is 1. The average molecular weight is 546 g/mol. The lowest BCUT2D eigenvalue weighted by molar-refractivity contribution is 0.0139. The number of nitrogens with two attached hydrogens (primary N) is 1. The molecular formula is C31H43N7O2. The van der Waals surface area contributed by atoms with Crippen LogP contribution in [0, 0.1) is 5.92 Å². The summed E-state index contributed by atoms with van der Waals surface area (Å²) in [7, 11) is 0. The number of amides is 1. The summed E-state index contributed by atoms with van der Waals surface area (Å²) in [6, 6.07) is 6.87.